The van der Waals surface area contributed by atoms with Crippen LogP contribution in [0.4, 0.5) is 4.39 Å². The molecule has 2 aromatic rings. The molecule has 0 aromatic heterocycles. The smallest absolute Gasteiger partial charge is 0.254 e. The van der Waals surface area contributed by atoms with E-state index in [9.17, 15) is 9.18 Å². The topological polar surface area (TPSA) is 38.3 Å². The molecule has 21 heavy (non-hydrogen) atoms. The molecule has 0 aliphatic carbocycles. The summed E-state index contributed by atoms with van der Waals surface area (Å²) in [7, 11) is 1.45. The lowest BCUT2D eigenvalue weighted by molar-refractivity contribution is 0.0950. The van der Waals surface area contributed by atoms with E-state index < -0.39 is 11.7 Å². The Balaban J connectivity index is 1.99. The minimum Gasteiger partial charge on any atom is -0.497 e. The van der Waals surface area contributed by atoms with Gasteiger partial charge in [-0.15, -0.1) is 0 Å². The van der Waals surface area contributed by atoms with Crippen molar-refractivity contribution in [3.8, 4) is 5.75 Å². The van der Waals surface area contributed by atoms with Crippen molar-refractivity contribution in [2.75, 3.05) is 13.7 Å². The van der Waals surface area contributed by atoms with E-state index in [1.807, 2.05) is 30.3 Å². The third-order valence-corrected chi connectivity index (χ3v) is 3.88. The Morgan fingerprint density at radius 2 is 2.00 bits per heavy atom. The van der Waals surface area contributed by atoms with Crippen LogP contribution < -0.4 is 10.1 Å². The first-order chi connectivity index (χ1) is 10.1. The van der Waals surface area contributed by atoms with E-state index in [-0.39, 0.29) is 10.4 Å². The molecular formula is C16H15BrFNO2. The summed E-state index contributed by atoms with van der Waals surface area (Å²) in [5, 5.41) is 2.71. The van der Waals surface area contributed by atoms with Crippen LogP contribution in [-0.2, 0) is 0 Å². The number of benzene rings is 2. The molecule has 1 atom stereocenters. The summed E-state index contributed by atoms with van der Waals surface area (Å²) in [6, 6.07) is 13.9. The number of hydrogen-bond acceptors (Lipinski definition) is 2. The summed E-state index contributed by atoms with van der Waals surface area (Å²) in [4.78, 5) is 12.0. The number of ether oxygens (including phenoxy) is 1. The van der Waals surface area contributed by atoms with Gasteiger partial charge in [-0.3, -0.25) is 4.79 Å². The second kappa shape index (κ2) is 7.22. The fraction of sp³-hybridized carbons (Fsp3) is 0.188. The second-order valence-electron chi connectivity index (χ2n) is 4.43. The van der Waals surface area contributed by atoms with Gasteiger partial charge in [0.2, 0.25) is 0 Å². The van der Waals surface area contributed by atoms with Crippen LogP contribution in [0.3, 0.4) is 0 Å². The molecule has 110 valence electrons. The maximum Gasteiger partial charge on any atom is 0.254 e. The SMILES string of the molecule is COc1ccc(C(=O)NCC(Br)c2ccccc2)c(F)c1. The van der Waals surface area contributed by atoms with Gasteiger partial charge in [0.15, 0.2) is 0 Å². The van der Waals surface area contributed by atoms with E-state index >= 15 is 0 Å². The number of carbonyl (C=O) groups is 1. The fourth-order valence-electron chi connectivity index (χ4n) is 1.86. The zero-order valence-corrected chi connectivity index (χ0v) is 13.1. The number of amides is 1. The number of carbonyl (C=O) groups excluding carboxylic acids is 1. The lowest BCUT2D eigenvalue weighted by Gasteiger charge is -2.12. The molecule has 0 bridgehead atoms. The van der Waals surface area contributed by atoms with E-state index in [0.717, 1.165) is 5.56 Å². The lowest BCUT2D eigenvalue weighted by Crippen LogP contribution is -2.27. The maximum absolute atomic E-state index is 13.8. The van der Waals surface area contributed by atoms with Crippen molar-refractivity contribution in [1.82, 2.24) is 5.32 Å². The van der Waals surface area contributed by atoms with Gasteiger partial charge in [0, 0.05) is 12.6 Å². The molecule has 0 fully saturated rings. The lowest BCUT2D eigenvalue weighted by atomic mass is 10.1. The molecule has 1 unspecified atom stereocenters. The molecule has 0 spiro atoms. The molecule has 3 nitrogen and oxygen atoms in total. The summed E-state index contributed by atoms with van der Waals surface area (Å²) in [5.74, 6) is -0.667. The number of hydrogen-bond donors (Lipinski definition) is 1. The van der Waals surface area contributed by atoms with Crippen molar-refractivity contribution in [2.24, 2.45) is 0 Å². The molecule has 0 saturated heterocycles. The summed E-state index contributed by atoms with van der Waals surface area (Å²) in [6.45, 7) is 0.369. The largest absolute Gasteiger partial charge is 0.497 e. The normalized spacial score (nSPS) is 11.8. The van der Waals surface area contributed by atoms with Gasteiger partial charge < -0.3 is 10.1 Å². The average molecular weight is 352 g/mol. The summed E-state index contributed by atoms with van der Waals surface area (Å²) in [6.07, 6.45) is 0. The zero-order chi connectivity index (χ0) is 15.2. The van der Waals surface area contributed by atoms with Gasteiger partial charge in [-0.25, -0.2) is 4.39 Å². The molecular weight excluding hydrogens is 337 g/mol. The Labute approximate surface area is 131 Å². The van der Waals surface area contributed by atoms with Crippen molar-refractivity contribution in [1.29, 1.82) is 0 Å². The predicted molar refractivity (Wildman–Crippen MR) is 83.4 cm³/mol. The summed E-state index contributed by atoms with van der Waals surface area (Å²) < 4.78 is 18.7. The minimum atomic E-state index is -0.599. The fourth-order valence-corrected chi connectivity index (χ4v) is 2.33. The van der Waals surface area contributed by atoms with Gasteiger partial charge in [-0.1, -0.05) is 46.3 Å². The van der Waals surface area contributed by atoms with Gasteiger partial charge in [0.25, 0.3) is 5.91 Å². The third kappa shape index (κ3) is 4.04. The van der Waals surface area contributed by atoms with Gasteiger partial charge in [0.1, 0.15) is 11.6 Å². The highest BCUT2D eigenvalue weighted by Crippen LogP contribution is 2.21. The molecule has 2 aromatic carbocycles. The molecule has 5 heteroatoms. The molecule has 1 N–H and O–H groups in total. The third-order valence-electron chi connectivity index (χ3n) is 3.02. The predicted octanol–water partition coefficient (Wildman–Crippen LogP) is 3.70. The van der Waals surface area contributed by atoms with Crippen LogP contribution in [0.1, 0.15) is 20.7 Å². The van der Waals surface area contributed by atoms with Crippen LogP contribution in [0.25, 0.3) is 0 Å². The highest BCUT2D eigenvalue weighted by atomic mass is 79.9. The van der Waals surface area contributed by atoms with Crippen LogP contribution in [0.15, 0.2) is 48.5 Å². The van der Waals surface area contributed by atoms with Gasteiger partial charge >= 0.3 is 0 Å². The molecule has 0 saturated carbocycles. The molecule has 0 radical (unpaired) electrons. The van der Waals surface area contributed by atoms with Crippen LogP contribution in [0.5, 0.6) is 5.75 Å². The Morgan fingerprint density at radius 3 is 2.62 bits per heavy atom. The Bertz CT molecular complexity index is 619. The maximum atomic E-state index is 13.8. The first-order valence-electron chi connectivity index (χ1n) is 6.42. The number of rotatable bonds is 5. The van der Waals surface area contributed by atoms with Crippen LogP contribution in [0.2, 0.25) is 0 Å². The Kier molecular flexibility index (Phi) is 5.33. The number of nitrogens with one attached hydrogen (secondary N) is 1. The first kappa shape index (κ1) is 15.5. The molecule has 1 amide bonds. The molecule has 0 aliphatic rings. The van der Waals surface area contributed by atoms with Gasteiger partial charge in [-0.05, 0) is 17.7 Å². The average Bonchev–Trinajstić information content (AvgIpc) is 2.52. The molecule has 0 heterocycles. The van der Waals surface area contributed by atoms with Crippen molar-refractivity contribution in [2.45, 2.75) is 4.83 Å². The summed E-state index contributed by atoms with van der Waals surface area (Å²) in [5.41, 5.74) is 1.05. The van der Waals surface area contributed by atoms with Crippen molar-refractivity contribution >= 4 is 21.8 Å². The number of halogens is 2. The highest BCUT2D eigenvalue weighted by Gasteiger charge is 2.14. The highest BCUT2D eigenvalue weighted by molar-refractivity contribution is 9.09. The second-order valence-corrected chi connectivity index (χ2v) is 5.54. The van der Waals surface area contributed by atoms with E-state index in [2.05, 4.69) is 21.2 Å². The minimum absolute atomic E-state index is 0.00330. The van der Waals surface area contributed by atoms with E-state index in [0.29, 0.717) is 12.3 Å². The Hall–Kier alpha value is -1.88. The van der Waals surface area contributed by atoms with E-state index in [1.165, 1.54) is 19.2 Å². The summed E-state index contributed by atoms with van der Waals surface area (Å²) >= 11 is 3.50. The van der Waals surface area contributed by atoms with E-state index in [4.69, 9.17) is 4.74 Å². The zero-order valence-electron chi connectivity index (χ0n) is 11.5. The van der Waals surface area contributed by atoms with Crippen molar-refractivity contribution < 1.29 is 13.9 Å². The van der Waals surface area contributed by atoms with Gasteiger partial charge in [-0.2, -0.15) is 0 Å². The van der Waals surface area contributed by atoms with Crippen LogP contribution >= 0.6 is 15.9 Å². The first-order valence-corrected chi connectivity index (χ1v) is 7.34. The van der Waals surface area contributed by atoms with Crippen LogP contribution in [-0.4, -0.2) is 19.6 Å². The quantitative estimate of drug-likeness (QED) is 0.834. The van der Waals surface area contributed by atoms with E-state index in [1.54, 1.807) is 6.07 Å². The molecule has 0 aliphatic heterocycles. The van der Waals surface area contributed by atoms with Gasteiger partial charge in [0.05, 0.1) is 17.5 Å². The standard InChI is InChI=1S/C16H15BrFNO2/c1-21-12-7-8-13(15(18)9-12)16(20)19-10-14(17)11-5-3-2-4-6-11/h2-9,14H,10H2,1H3,(H,19,20). The van der Waals surface area contributed by atoms with Crippen LogP contribution in [0, 0.1) is 5.82 Å². The molecule has 2 rings (SSSR count). The number of alkyl halides is 1. The number of methoxy groups -OCH3 is 1. The van der Waals surface area contributed by atoms with Crippen molar-refractivity contribution in [3.05, 3.63) is 65.5 Å². The Morgan fingerprint density at radius 1 is 1.29 bits per heavy atom. The van der Waals surface area contributed by atoms with Crippen molar-refractivity contribution in [3.63, 3.8) is 0 Å². The monoisotopic (exact) mass is 351 g/mol.